The molecule has 1 spiro atoms. The van der Waals surface area contributed by atoms with E-state index in [0.29, 0.717) is 0 Å². The average Bonchev–Trinajstić information content (AvgIpc) is 2.72. The molecule has 0 bridgehead atoms. The Morgan fingerprint density at radius 2 is 1.89 bits per heavy atom. The number of benzene rings is 2. The molecule has 2 heterocycles. The van der Waals surface area contributed by atoms with Gasteiger partial charge in [0, 0.05) is 25.5 Å². The molecule has 2 aliphatic heterocycles. The van der Waals surface area contributed by atoms with Crippen LogP contribution in [0.2, 0.25) is 0 Å². The van der Waals surface area contributed by atoms with Crippen molar-refractivity contribution in [2.75, 3.05) is 27.2 Å². The highest BCUT2D eigenvalue weighted by molar-refractivity contribution is 5.96. The van der Waals surface area contributed by atoms with E-state index in [1.807, 2.05) is 42.5 Å². The highest BCUT2D eigenvalue weighted by Crippen LogP contribution is 2.46. The van der Waals surface area contributed by atoms with Crippen molar-refractivity contribution in [1.82, 2.24) is 10.3 Å². The lowest BCUT2D eigenvalue weighted by Crippen LogP contribution is -2.46. The predicted octanol–water partition coefficient (Wildman–Crippen LogP) is 2.77. The van der Waals surface area contributed by atoms with Gasteiger partial charge in [0.25, 0.3) is 0 Å². The van der Waals surface area contributed by atoms with Gasteiger partial charge in [0.1, 0.15) is 22.9 Å². The zero-order chi connectivity index (χ0) is 19.7. The van der Waals surface area contributed by atoms with Crippen LogP contribution in [0, 0.1) is 5.41 Å². The van der Waals surface area contributed by atoms with Crippen LogP contribution >= 0.6 is 0 Å². The van der Waals surface area contributed by atoms with Crippen LogP contribution in [0.4, 0.5) is 0 Å². The number of hydrogen-bond acceptors (Lipinski definition) is 5. The van der Waals surface area contributed by atoms with E-state index in [4.69, 9.17) is 20.7 Å². The highest BCUT2D eigenvalue weighted by atomic mass is 16.5. The zero-order valence-corrected chi connectivity index (χ0v) is 16.3. The van der Waals surface area contributed by atoms with Crippen LogP contribution in [0.25, 0.3) is 5.57 Å². The molecule has 2 aromatic rings. The first-order chi connectivity index (χ1) is 13.5. The van der Waals surface area contributed by atoms with Crippen molar-refractivity contribution in [3.8, 4) is 11.5 Å². The molecule has 0 radical (unpaired) electrons. The van der Waals surface area contributed by atoms with E-state index in [0.717, 1.165) is 59.7 Å². The van der Waals surface area contributed by atoms with Gasteiger partial charge in [0.05, 0.1) is 12.7 Å². The number of ether oxygens (including phenoxy) is 2. The molecule has 4 N–H and O–H groups in total. The summed E-state index contributed by atoms with van der Waals surface area (Å²) in [5, 5.41) is 12.8. The zero-order valence-electron chi connectivity index (χ0n) is 16.3. The molecule has 4 rings (SSSR count). The summed E-state index contributed by atoms with van der Waals surface area (Å²) in [6.45, 7) is 1.87. The second kappa shape index (κ2) is 7.30. The number of nitrogens with zero attached hydrogens (tertiary/aromatic N) is 1. The minimum atomic E-state index is -0.303. The Bertz CT molecular complexity index is 913. The Balaban J connectivity index is 1.81. The molecular formula is C22H26N4O2. The minimum absolute atomic E-state index is 0.278. The molecule has 0 amide bonds. The van der Waals surface area contributed by atoms with Gasteiger partial charge in [-0.1, -0.05) is 30.3 Å². The topological polar surface area (TPSA) is 83.6 Å². The van der Waals surface area contributed by atoms with Crippen LogP contribution in [0.3, 0.4) is 0 Å². The van der Waals surface area contributed by atoms with Gasteiger partial charge in [-0.2, -0.15) is 0 Å². The normalized spacial score (nSPS) is 17.3. The quantitative estimate of drug-likeness (QED) is 0.331. The maximum Gasteiger partial charge on any atom is 0.142 e. The Morgan fingerprint density at radius 1 is 1.18 bits per heavy atom. The maximum atomic E-state index is 8.08. The predicted molar refractivity (Wildman–Crippen MR) is 111 cm³/mol. The van der Waals surface area contributed by atoms with Gasteiger partial charge in [-0.25, -0.2) is 5.84 Å². The van der Waals surface area contributed by atoms with Crippen molar-refractivity contribution >= 4 is 11.4 Å². The summed E-state index contributed by atoms with van der Waals surface area (Å²) in [6, 6.07) is 13.9. The van der Waals surface area contributed by atoms with E-state index < -0.39 is 0 Å². The molecule has 1 fully saturated rings. The van der Waals surface area contributed by atoms with Crippen molar-refractivity contribution in [1.29, 1.82) is 5.41 Å². The molecule has 0 saturated carbocycles. The van der Waals surface area contributed by atoms with Crippen LogP contribution in [0.1, 0.15) is 29.5 Å². The maximum absolute atomic E-state index is 8.08. The molecule has 0 aromatic heterocycles. The standard InChI is InChI=1S/C22H26N4O2/c1-26(24)21(23)16-8-6-15(7-9-16)17-14-22(10-12-25-13-11-22)28-19-5-3-4-18(27-2)20(17)19/h3-9,14,23,25H,10-13,24H2,1-2H3. The molecule has 28 heavy (non-hydrogen) atoms. The van der Waals surface area contributed by atoms with Gasteiger partial charge < -0.3 is 14.8 Å². The Morgan fingerprint density at radius 3 is 2.54 bits per heavy atom. The number of hydrazine groups is 1. The molecule has 2 aliphatic rings. The van der Waals surface area contributed by atoms with Gasteiger partial charge >= 0.3 is 0 Å². The molecule has 0 atom stereocenters. The van der Waals surface area contributed by atoms with Crippen molar-refractivity contribution in [3.05, 3.63) is 65.2 Å². The van der Waals surface area contributed by atoms with Crippen LogP contribution < -0.4 is 20.6 Å². The average molecular weight is 378 g/mol. The van der Waals surface area contributed by atoms with E-state index in [9.17, 15) is 0 Å². The first-order valence-corrected chi connectivity index (χ1v) is 9.51. The number of fused-ring (bicyclic) bond motifs is 1. The lowest BCUT2D eigenvalue weighted by atomic mass is 9.83. The largest absolute Gasteiger partial charge is 0.496 e. The van der Waals surface area contributed by atoms with Gasteiger partial charge in [-0.3, -0.25) is 10.4 Å². The lowest BCUT2D eigenvalue weighted by molar-refractivity contribution is 0.0813. The van der Waals surface area contributed by atoms with E-state index in [-0.39, 0.29) is 11.4 Å². The first kappa shape index (κ1) is 18.5. The van der Waals surface area contributed by atoms with Gasteiger partial charge in [-0.05, 0) is 42.4 Å². The fraction of sp³-hybridized carbons (Fsp3) is 0.318. The van der Waals surface area contributed by atoms with Gasteiger partial charge in [0.15, 0.2) is 0 Å². The number of amidine groups is 1. The van der Waals surface area contributed by atoms with Crippen molar-refractivity contribution in [2.24, 2.45) is 5.84 Å². The summed E-state index contributed by atoms with van der Waals surface area (Å²) in [7, 11) is 3.35. The van der Waals surface area contributed by atoms with E-state index in [1.165, 1.54) is 5.01 Å². The van der Waals surface area contributed by atoms with Gasteiger partial charge in [-0.15, -0.1) is 0 Å². The number of hydrogen-bond donors (Lipinski definition) is 3. The Hall–Kier alpha value is -2.83. The minimum Gasteiger partial charge on any atom is -0.496 e. The van der Waals surface area contributed by atoms with E-state index in [2.05, 4.69) is 11.4 Å². The fourth-order valence-electron chi connectivity index (χ4n) is 3.95. The van der Waals surface area contributed by atoms with Crippen molar-refractivity contribution in [3.63, 3.8) is 0 Å². The molecule has 0 unspecified atom stereocenters. The lowest BCUT2D eigenvalue weighted by Gasteiger charge is -2.40. The molecule has 0 aliphatic carbocycles. The van der Waals surface area contributed by atoms with Crippen LogP contribution in [0.5, 0.6) is 11.5 Å². The number of nitrogens with one attached hydrogen (secondary N) is 2. The summed E-state index contributed by atoms with van der Waals surface area (Å²) < 4.78 is 12.1. The SMILES string of the molecule is COc1cccc2c1C(c1ccc(C(=N)N(C)N)cc1)=CC1(CCNCC1)O2. The summed E-state index contributed by atoms with van der Waals surface area (Å²) in [6.07, 6.45) is 4.11. The van der Waals surface area contributed by atoms with E-state index >= 15 is 0 Å². The molecular weight excluding hydrogens is 352 g/mol. The second-order valence-corrected chi connectivity index (χ2v) is 7.35. The molecule has 2 aromatic carbocycles. The molecule has 6 heteroatoms. The Labute approximate surface area is 165 Å². The highest BCUT2D eigenvalue weighted by Gasteiger charge is 2.38. The summed E-state index contributed by atoms with van der Waals surface area (Å²) in [5.74, 6) is 7.64. The second-order valence-electron chi connectivity index (χ2n) is 7.35. The van der Waals surface area contributed by atoms with Crippen LogP contribution in [-0.2, 0) is 0 Å². The van der Waals surface area contributed by atoms with Crippen LogP contribution in [0.15, 0.2) is 48.5 Å². The molecule has 1 saturated heterocycles. The third-order valence-electron chi connectivity index (χ3n) is 5.47. The Kier molecular flexibility index (Phi) is 4.83. The summed E-state index contributed by atoms with van der Waals surface area (Å²) >= 11 is 0. The first-order valence-electron chi connectivity index (χ1n) is 9.51. The third kappa shape index (κ3) is 3.25. The number of methoxy groups -OCH3 is 1. The smallest absolute Gasteiger partial charge is 0.142 e. The number of rotatable bonds is 3. The van der Waals surface area contributed by atoms with Crippen molar-refractivity contribution in [2.45, 2.75) is 18.4 Å². The summed E-state index contributed by atoms with van der Waals surface area (Å²) in [5.41, 5.74) is 3.64. The van der Waals surface area contributed by atoms with Gasteiger partial charge in [0.2, 0.25) is 0 Å². The monoisotopic (exact) mass is 378 g/mol. The van der Waals surface area contributed by atoms with Crippen LogP contribution in [-0.4, -0.2) is 43.7 Å². The van der Waals surface area contributed by atoms with E-state index in [1.54, 1.807) is 14.2 Å². The van der Waals surface area contributed by atoms with Crippen molar-refractivity contribution < 1.29 is 9.47 Å². The summed E-state index contributed by atoms with van der Waals surface area (Å²) in [4.78, 5) is 0. The number of nitrogens with two attached hydrogens (primary N) is 1. The third-order valence-corrected chi connectivity index (χ3v) is 5.47. The fourth-order valence-corrected chi connectivity index (χ4v) is 3.95. The molecule has 146 valence electrons. The number of piperidine rings is 1. The molecule has 6 nitrogen and oxygen atoms in total.